The molecule has 0 saturated heterocycles. The van der Waals surface area contributed by atoms with Gasteiger partial charge in [-0.2, -0.15) is 5.26 Å². The first-order valence-electron chi connectivity index (χ1n) is 7.35. The molecule has 0 heterocycles. The van der Waals surface area contributed by atoms with Crippen LogP contribution in [-0.4, -0.2) is 6.10 Å². The van der Waals surface area contributed by atoms with Crippen LogP contribution in [0.3, 0.4) is 0 Å². The van der Waals surface area contributed by atoms with E-state index in [0.717, 1.165) is 12.3 Å². The summed E-state index contributed by atoms with van der Waals surface area (Å²) in [6, 6.07) is 7.56. The van der Waals surface area contributed by atoms with E-state index in [2.05, 4.69) is 26.8 Å². The van der Waals surface area contributed by atoms with Gasteiger partial charge in [-0.05, 0) is 42.7 Å². The minimum absolute atomic E-state index is 0.201. The Morgan fingerprint density at radius 1 is 1.35 bits per heavy atom. The van der Waals surface area contributed by atoms with Crippen molar-refractivity contribution < 1.29 is 4.74 Å². The molecular weight excluding hydrogens is 248 g/mol. The molecule has 0 spiro atoms. The van der Waals surface area contributed by atoms with E-state index in [1.54, 1.807) is 6.07 Å². The molecule has 0 aliphatic heterocycles. The normalized spacial score (nSPS) is 33.9. The SMILES string of the molecule is CC1(C)C2CCC1(C)C(Oc1cccc(C#N)c1N)C2. The summed E-state index contributed by atoms with van der Waals surface area (Å²) >= 11 is 0. The lowest BCUT2D eigenvalue weighted by atomic mass is 9.70. The second kappa shape index (κ2) is 4.15. The van der Waals surface area contributed by atoms with Gasteiger partial charge in [-0.3, -0.25) is 0 Å². The molecule has 0 radical (unpaired) electrons. The van der Waals surface area contributed by atoms with Gasteiger partial charge in [0.05, 0.1) is 11.3 Å². The highest BCUT2D eigenvalue weighted by atomic mass is 16.5. The molecule has 20 heavy (non-hydrogen) atoms. The van der Waals surface area contributed by atoms with E-state index in [-0.39, 0.29) is 11.5 Å². The first-order chi connectivity index (χ1) is 9.40. The lowest BCUT2D eigenvalue weighted by Gasteiger charge is -2.39. The van der Waals surface area contributed by atoms with E-state index in [4.69, 9.17) is 15.7 Å². The summed E-state index contributed by atoms with van der Waals surface area (Å²) in [4.78, 5) is 0. The number of hydrogen-bond donors (Lipinski definition) is 1. The molecule has 2 aliphatic carbocycles. The molecule has 3 atom stereocenters. The van der Waals surface area contributed by atoms with Crippen LogP contribution < -0.4 is 10.5 Å². The molecule has 2 saturated carbocycles. The van der Waals surface area contributed by atoms with Crippen molar-refractivity contribution in [1.29, 1.82) is 5.26 Å². The Hall–Kier alpha value is -1.69. The van der Waals surface area contributed by atoms with Crippen molar-refractivity contribution in [1.82, 2.24) is 0 Å². The number of benzene rings is 1. The van der Waals surface area contributed by atoms with Gasteiger partial charge in [-0.1, -0.05) is 26.8 Å². The van der Waals surface area contributed by atoms with Crippen molar-refractivity contribution in [2.45, 2.75) is 46.1 Å². The Kier molecular flexibility index (Phi) is 2.76. The smallest absolute Gasteiger partial charge is 0.143 e. The van der Waals surface area contributed by atoms with Crippen LogP contribution in [0, 0.1) is 28.1 Å². The molecule has 2 fully saturated rings. The van der Waals surface area contributed by atoms with Crippen LogP contribution in [0.25, 0.3) is 0 Å². The highest BCUT2D eigenvalue weighted by Gasteiger charge is 2.62. The van der Waals surface area contributed by atoms with Gasteiger partial charge in [0.15, 0.2) is 0 Å². The largest absolute Gasteiger partial charge is 0.488 e. The maximum Gasteiger partial charge on any atom is 0.143 e. The van der Waals surface area contributed by atoms with Crippen LogP contribution in [0.1, 0.15) is 45.6 Å². The van der Waals surface area contributed by atoms with E-state index in [1.165, 1.54) is 12.8 Å². The van der Waals surface area contributed by atoms with Crippen LogP contribution in [0.5, 0.6) is 5.75 Å². The Labute approximate surface area is 120 Å². The van der Waals surface area contributed by atoms with E-state index in [0.29, 0.717) is 22.4 Å². The third kappa shape index (κ3) is 1.57. The monoisotopic (exact) mass is 270 g/mol. The molecule has 3 rings (SSSR count). The van der Waals surface area contributed by atoms with Gasteiger partial charge in [-0.15, -0.1) is 0 Å². The minimum Gasteiger partial charge on any atom is -0.488 e. The maximum absolute atomic E-state index is 9.06. The number of nitrogen functional groups attached to an aromatic ring is 1. The van der Waals surface area contributed by atoms with E-state index in [1.807, 2.05) is 12.1 Å². The van der Waals surface area contributed by atoms with Gasteiger partial charge in [0.2, 0.25) is 0 Å². The Bertz CT molecular complexity index is 587. The summed E-state index contributed by atoms with van der Waals surface area (Å²) in [6.45, 7) is 7.07. The average Bonchev–Trinajstić information content (AvgIpc) is 2.74. The first-order valence-corrected chi connectivity index (χ1v) is 7.35. The number of fused-ring (bicyclic) bond motifs is 2. The van der Waals surface area contributed by atoms with Crippen molar-refractivity contribution in [3.8, 4) is 11.8 Å². The van der Waals surface area contributed by atoms with Crippen molar-refractivity contribution in [3.63, 3.8) is 0 Å². The van der Waals surface area contributed by atoms with Crippen molar-refractivity contribution >= 4 is 5.69 Å². The van der Waals surface area contributed by atoms with Gasteiger partial charge in [-0.25, -0.2) is 0 Å². The third-order valence-corrected chi connectivity index (χ3v) is 6.17. The second-order valence-corrected chi connectivity index (χ2v) is 7.05. The van der Waals surface area contributed by atoms with Gasteiger partial charge in [0.25, 0.3) is 0 Å². The zero-order valence-electron chi connectivity index (χ0n) is 12.4. The minimum atomic E-state index is 0.201. The Morgan fingerprint density at radius 3 is 2.65 bits per heavy atom. The van der Waals surface area contributed by atoms with Crippen LogP contribution in [0.15, 0.2) is 18.2 Å². The number of nitrogens with zero attached hydrogens (tertiary/aromatic N) is 1. The standard InChI is InChI=1S/C17H22N2O/c1-16(2)12-7-8-17(16,3)14(9-12)20-13-6-4-5-11(10-18)15(13)19/h4-6,12,14H,7-9,19H2,1-3H3. The summed E-state index contributed by atoms with van der Waals surface area (Å²) in [7, 11) is 0. The fourth-order valence-electron chi connectivity index (χ4n) is 4.21. The first kappa shape index (κ1) is 13.3. The summed E-state index contributed by atoms with van der Waals surface area (Å²) in [5, 5.41) is 9.06. The van der Waals surface area contributed by atoms with Gasteiger partial charge >= 0.3 is 0 Å². The molecule has 1 aromatic carbocycles. The molecule has 3 nitrogen and oxygen atoms in total. The predicted octanol–water partition coefficient (Wildman–Crippen LogP) is 3.73. The molecule has 0 aromatic heterocycles. The molecule has 106 valence electrons. The Balaban J connectivity index is 1.90. The fourth-order valence-corrected chi connectivity index (χ4v) is 4.21. The van der Waals surface area contributed by atoms with E-state index in [9.17, 15) is 0 Å². The van der Waals surface area contributed by atoms with Gasteiger partial charge < -0.3 is 10.5 Å². The lowest BCUT2D eigenvalue weighted by molar-refractivity contribution is 0.0306. The quantitative estimate of drug-likeness (QED) is 0.833. The summed E-state index contributed by atoms with van der Waals surface area (Å²) in [5.74, 6) is 1.40. The van der Waals surface area contributed by atoms with Crippen molar-refractivity contribution in [2.24, 2.45) is 16.7 Å². The molecule has 2 aliphatic rings. The third-order valence-electron chi connectivity index (χ3n) is 6.17. The number of nitriles is 1. The molecule has 3 unspecified atom stereocenters. The zero-order valence-corrected chi connectivity index (χ0v) is 12.4. The van der Waals surface area contributed by atoms with E-state index >= 15 is 0 Å². The molecule has 2 bridgehead atoms. The van der Waals surface area contributed by atoms with Crippen LogP contribution in [0.4, 0.5) is 5.69 Å². The van der Waals surface area contributed by atoms with Crippen molar-refractivity contribution in [2.75, 3.05) is 5.73 Å². The summed E-state index contributed by atoms with van der Waals surface area (Å²) in [6.07, 6.45) is 3.82. The second-order valence-electron chi connectivity index (χ2n) is 7.05. The van der Waals surface area contributed by atoms with Crippen LogP contribution in [-0.2, 0) is 0 Å². The lowest BCUT2D eigenvalue weighted by Crippen LogP contribution is -2.39. The highest BCUT2D eigenvalue weighted by Crippen LogP contribution is 2.66. The average molecular weight is 270 g/mol. The van der Waals surface area contributed by atoms with Crippen LogP contribution in [0.2, 0.25) is 0 Å². The predicted molar refractivity (Wildman–Crippen MR) is 79.2 cm³/mol. The van der Waals surface area contributed by atoms with Gasteiger partial charge in [0, 0.05) is 5.41 Å². The van der Waals surface area contributed by atoms with Crippen molar-refractivity contribution in [3.05, 3.63) is 23.8 Å². The zero-order chi connectivity index (χ0) is 14.5. The van der Waals surface area contributed by atoms with Crippen LogP contribution >= 0.6 is 0 Å². The number of para-hydroxylation sites is 1. The molecule has 0 amide bonds. The summed E-state index contributed by atoms with van der Waals surface area (Å²) in [5.41, 5.74) is 7.52. The number of anilines is 1. The summed E-state index contributed by atoms with van der Waals surface area (Å²) < 4.78 is 6.25. The number of nitrogens with two attached hydrogens (primary N) is 1. The maximum atomic E-state index is 9.06. The number of hydrogen-bond acceptors (Lipinski definition) is 3. The molecular formula is C17H22N2O. The number of rotatable bonds is 2. The number of ether oxygens (including phenoxy) is 1. The highest BCUT2D eigenvalue weighted by molar-refractivity contribution is 5.63. The molecule has 1 aromatic rings. The van der Waals surface area contributed by atoms with Gasteiger partial charge in [0.1, 0.15) is 17.9 Å². The van der Waals surface area contributed by atoms with E-state index < -0.39 is 0 Å². The molecule has 2 N–H and O–H groups in total. The fraction of sp³-hybridized carbons (Fsp3) is 0.588. The topological polar surface area (TPSA) is 59.0 Å². The molecule has 3 heteroatoms. The Morgan fingerprint density at radius 2 is 2.10 bits per heavy atom.